The second-order valence-corrected chi connectivity index (χ2v) is 4.83. The van der Waals surface area contributed by atoms with Gasteiger partial charge in [0.25, 0.3) is 0 Å². The fourth-order valence-electron chi connectivity index (χ4n) is 1.87. The zero-order valence-corrected chi connectivity index (χ0v) is 11.8. The lowest BCUT2D eigenvalue weighted by atomic mass is 10.1. The van der Waals surface area contributed by atoms with Crippen LogP contribution in [0.2, 0.25) is 0 Å². The lowest BCUT2D eigenvalue weighted by Crippen LogP contribution is -2.37. The van der Waals surface area contributed by atoms with Gasteiger partial charge in [0.15, 0.2) is 0 Å². The quantitative estimate of drug-likeness (QED) is 0.621. The number of halogens is 1. The first kappa shape index (κ1) is 13.7. The van der Waals surface area contributed by atoms with E-state index in [4.69, 9.17) is 5.84 Å². The van der Waals surface area contributed by atoms with Gasteiger partial charge in [-0.05, 0) is 28.8 Å². The molecule has 0 saturated heterocycles. The highest BCUT2D eigenvalue weighted by atomic mass is 79.9. The number of nitrogens with one attached hydrogen (secondary N) is 1. The van der Waals surface area contributed by atoms with Gasteiger partial charge in [-0.1, -0.05) is 20.3 Å². The van der Waals surface area contributed by atoms with Gasteiger partial charge >= 0.3 is 0 Å². The molecule has 0 aliphatic carbocycles. The van der Waals surface area contributed by atoms with Crippen LogP contribution in [0.1, 0.15) is 38.1 Å². The van der Waals surface area contributed by atoms with Gasteiger partial charge < -0.3 is 0 Å². The highest BCUT2D eigenvalue weighted by Crippen LogP contribution is 2.23. The van der Waals surface area contributed by atoms with Crippen molar-refractivity contribution < 1.29 is 0 Å². The van der Waals surface area contributed by atoms with Gasteiger partial charge in [0, 0.05) is 19.5 Å². The summed E-state index contributed by atoms with van der Waals surface area (Å²) in [6, 6.07) is 0.321. The van der Waals surface area contributed by atoms with Gasteiger partial charge in [0.2, 0.25) is 0 Å². The molecular weight excluding hydrogens is 268 g/mol. The van der Waals surface area contributed by atoms with Crippen molar-refractivity contribution in [3.8, 4) is 0 Å². The first-order valence-electron chi connectivity index (χ1n) is 5.80. The summed E-state index contributed by atoms with van der Waals surface area (Å²) >= 11 is 3.62. The standard InChI is InChI=1S/C11H21BrN4/c1-4-6-8(14-13)7-10-11(12)9(5-2)15-16(10)3/h8,14H,4-7,13H2,1-3H3. The van der Waals surface area contributed by atoms with E-state index < -0.39 is 0 Å². The van der Waals surface area contributed by atoms with Gasteiger partial charge in [-0.25, -0.2) is 0 Å². The second kappa shape index (κ2) is 6.37. The third-order valence-electron chi connectivity index (χ3n) is 2.82. The van der Waals surface area contributed by atoms with Crippen molar-refractivity contribution in [3.63, 3.8) is 0 Å². The van der Waals surface area contributed by atoms with Crippen molar-refractivity contribution in [3.05, 3.63) is 15.9 Å². The Bertz CT molecular complexity index is 335. The number of nitrogens with zero attached hydrogens (tertiary/aromatic N) is 2. The predicted octanol–water partition coefficient (Wildman–Crippen LogP) is 1.92. The molecule has 0 aliphatic heterocycles. The van der Waals surface area contributed by atoms with Crippen LogP contribution in [0.4, 0.5) is 0 Å². The topological polar surface area (TPSA) is 55.9 Å². The molecule has 0 saturated carbocycles. The minimum absolute atomic E-state index is 0.321. The maximum atomic E-state index is 5.55. The lowest BCUT2D eigenvalue weighted by Gasteiger charge is -2.15. The normalized spacial score (nSPS) is 13.1. The average Bonchev–Trinajstić information content (AvgIpc) is 2.55. The van der Waals surface area contributed by atoms with Gasteiger partial charge in [-0.2, -0.15) is 5.10 Å². The van der Waals surface area contributed by atoms with E-state index in [0.717, 1.165) is 35.8 Å². The van der Waals surface area contributed by atoms with Crippen molar-refractivity contribution in [2.24, 2.45) is 12.9 Å². The van der Waals surface area contributed by atoms with E-state index in [1.807, 2.05) is 11.7 Å². The summed E-state index contributed by atoms with van der Waals surface area (Å²) in [4.78, 5) is 0. The maximum absolute atomic E-state index is 5.55. The molecule has 0 aliphatic rings. The van der Waals surface area contributed by atoms with Crippen molar-refractivity contribution in [1.29, 1.82) is 0 Å². The molecule has 0 aromatic carbocycles. The lowest BCUT2D eigenvalue weighted by molar-refractivity contribution is 0.472. The van der Waals surface area contributed by atoms with Crippen molar-refractivity contribution in [2.45, 2.75) is 45.6 Å². The minimum Gasteiger partial charge on any atom is -0.271 e. The largest absolute Gasteiger partial charge is 0.271 e. The SMILES string of the molecule is CCCC(Cc1c(Br)c(CC)nn1C)NN. The van der Waals surface area contributed by atoms with Crippen molar-refractivity contribution in [1.82, 2.24) is 15.2 Å². The van der Waals surface area contributed by atoms with Crippen LogP contribution in [-0.4, -0.2) is 15.8 Å². The Morgan fingerprint density at radius 1 is 1.50 bits per heavy atom. The Hall–Kier alpha value is -0.390. The Balaban J connectivity index is 2.82. The third-order valence-corrected chi connectivity index (χ3v) is 3.73. The third kappa shape index (κ3) is 3.06. The summed E-state index contributed by atoms with van der Waals surface area (Å²) in [6.45, 7) is 4.28. The van der Waals surface area contributed by atoms with Crippen LogP contribution in [0.3, 0.4) is 0 Å². The molecule has 1 unspecified atom stereocenters. The molecule has 0 fully saturated rings. The molecule has 1 atom stereocenters. The Morgan fingerprint density at radius 3 is 2.62 bits per heavy atom. The molecule has 3 N–H and O–H groups in total. The van der Waals surface area contributed by atoms with Crippen LogP contribution in [-0.2, 0) is 19.9 Å². The number of hydrazine groups is 1. The fourth-order valence-corrected chi connectivity index (χ4v) is 2.65. The van der Waals surface area contributed by atoms with Crippen LogP contribution >= 0.6 is 15.9 Å². The molecule has 5 heteroatoms. The molecule has 0 amide bonds. The molecule has 92 valence electrons. The fraction of sp³-hybridized carbons (Fsp3) is 0.727. The molecule has 1 aromatic rings. The number of hydrogen-bond acceptors (Lipinski definition) is 3. The van der Waals surface area contributed by atoms with Gasteiger partial charge in [0.1, 0.15) is 0 Å². The second-order valence-electron chi connectivity index (χ2n) is 4.04. The summed E-state index contributed by atoms with van der Waals surface area (Å²) in [6.07, 6.45) is 4.07. The zero-order valence-electron chi connectivity index (χ0n) is 10.3. The maximum Gasteiger partial charge on any atom is 0.0766 e. The van der Waals surface area contributed by atoms with Crippen LogP contribution < -0.4 is 11.3 Å². The van der Waals surface area contributed by atoms with Crippen molar-refractivity contribution >= 4 is 15.9 Å². The summed E-state index contributed by atoms with van der Waals surface area (Å²) in [7, 11) is 1.98. The predicted molar refractivity (Wildman–Crippen MR) is 70.0 cm³/mol. The highest BCUT2D eigenvalue weighted by molar-refractivity contribution is 9.10. The van der Waals surface area contributed by atoms with E-state index in [9.17, 15) is 0 Å². The van der Waals surface area contributed by atoms with Gasteiger partial charge in [-0.15, -0.1) is 0 Å². The molecule has 4 nitrogen and oxygen atoms in total. The van der Waals surface area contributed by atoms with E-state index in [1.54, 1.807) is 0 Å². The number of aryl methyl sites for hydroxylation is 2. The first-order valence-corrected chi connectivity index (χ1v) is 6.59. The summed E-state index contributed by atoms with van der Waals surface area (Å²) in [5.74, 6) is 5.55. The van der Waals surface area contributed by atoms with E-state index in [-0.39, 0.29) is 0 Å². The monoisotopic (exact) mass is 288 g/mol. The highest BCUT2D eigenvalue weighted by Gasteiger charge is 2.16. The van der Waals surface area contributed by atoms with Crippen LogP contribution in [0.5, 0.6) is 0 Å². The molecule has 1 rings (SSSR count). The Kier molecular flexibility index (Phi) is 5.44. The number of nitrogens with two attached hydrogens (primary N) is 1. The molecule has 1 aromatic heterocycles. The summed E-state index contributed by atoms with van der Waals surface area (Å²) in [5, 5.41) is 4.48. The molecule has 0 radical (unpaired) electrons. The molecule has 1 heterocycles. The Labute approximate surface area is 106 Å². The Morgan fingerprint density at radius 2 is 2.19 bits per heavy atom. The van der Waals surface area contributed by atoms with Crippen molar-refractivity contribution in [2.75, 3.05) is 0 Å². The van der Waals surface area contributed by atoms with Crippen LogP contribution in [0.15, 0.2) is 4.47 Å². The summed E-state index contributed by atoms with van der Waals surface area (Å²) in [5.41, 5.74) is 5.20. The molecule has 16 heavy (non-hydrogen) atoms. The zero-order chi connectivity index (χ0) is 12.1. The number of aromatic nitrogens is 2. The van der Waals surface area contributed by atoms with Gasteiger partial charge in [0.05, 0.1) is 15.9 Å². The molecule has 0 spiro atoms. The van der Waals surface area contributed by atoms with Crippen LogP contribution in [0.25, 0.3) is 0 Å². The van der Waals surface area contributed by atoms with E-state index in [1.165, 1.54) is 5.69 Å². The summed E-state index contributed by atoms with van der Waals surface area (Å²) < 4.78 is 3.08. The number of rotatable bonds is 6. The smallest absolute Gasteiger partial charge is 0.0766 e. The number of hydrogen-bond donors (Lipinski definition) is 2. The first-order chi connectivity index (χ1) is 7.63. The minimum atomic E-state index is 0.321. The van der Waals surface area contributed by atoms with Gasteiger partial charge in [-0.3, -0.25) is 16.0 Å². The van der Waals surface area contributed by atoms with E-state index in [2.05, 4.69) is 40.3 Å². The average molecular weight is 289 g/mol. The van der Waals surface area contributed by atoms with Crippen LogP contribution in [0, 0.1) is 0 Å². The van der Waals surface area contributed by atoms with E-state index >= 15 is 0 Å². The molecule has 0 bridgehead atoms. The molecular formula is C11H21BrN4. The van der Waals surface area contributed by atoms with E-state index in [0.29, 0.717) is 6.04 Å².